The largest absolute Gasteiger partial charge is 0.338 e. The van der Waals surface area contributed by atoms with E-state index >= 15 is 0 Å². The number of amides is 2. The minimum Gasteiger partial charge on any atom is -0.338 e. The number of aryl methyl sites for hydroxylation is 1. The van der Waals surface area contributed by atoms with Crippen LogP contribution in [0.1, 0.15) is 35.6 Å². The Labute approximate surface area is 147 Å². The standard InChI is InChI=1S/C19H22N4O2/c1-21-10-15(9-20-21)18-16(7-8-17(24)22(18)2)19(25)23-11-13-5-3-4-6-14(13)12-23/h3-6,9-10,16,18H,7-8,11-12H2,1-2H3/t16-,18-/m1/s1. The molecule has 0 N–H and O–H groups in total. The molecule has 0 aliphatic carbocycles. The van der Waals surface area contributed by atoms with E-state index in [0.29, 0.717) is 25.9 Å². The lowest BCUT2D eigenvalue weighted by atomic mass is 9.84. The molecule has 1 saturated heterocycles. The molecule has 6 heteroatoms. The van der Waals surface area contributed by atoms with Gasteiger partial charge in [-0.3, -0.25) is 14.3 Å². The highest BCUT2D eigenvalue weighted by molar-refractivity contribution is 5.85. The molecule has 3 heterocycles. The zero-order chi connectivity index (χ0) is 17.6. The van der Waals surface area contributed by atoms with Gasteiger partial charge >= 0.3 is 0 Å². The highest BCUT2D eigenvalue weighted by Gasteiger charge is 2.42. The third-order valence-corrected chi connectivity index (χ3v) is 5.40. The molecule has 0 saturated carbocycles. The van der Waals surface area contributed by atoms with Gasteiger partial charge in [0.15, 0.2) is 0 Å². The van der Waals surface area contributed by atoms with Crippen molar-refractivity contribution < 1.29 is 9.59 Å². The second-order valence-corrected chi connectivity index (χ2v) is 7.00. The van der Waals surface area contributed by atoms with E-state index in [4.69, 9.17) is 0 Å². The van der Waals surface area contributed by atoms with E-state index in [1.165, 1.54) is 11.1 Å². The summed E-state index contributed by atoms with van der Waals surface area (Å²) in [5.74, 6) is -0.00627. The van der Waals surface area contributed by atoms with Crippen LogP contribution in [0.2, 0.25) is 0 Å². The van der Waals surface area contributed by atoms with Crippen molar-refractivity contribution in [3.63, 3.8) is 0 Å². The molecular weight excluding hydrogens is 316 g/mol. The molecule has 2 aliphatic rings. The van der Waals surface area contributed by atoms with Gasteiger partial charge in [0.05, 0.1) is 18.2 Å². The van der Waals surface area contributed by atoms with Crippen molar-refractivity contribution in [1.29, 1.82) is 0 Å². The second-order valence-electron chi connectivity index (χ2n) is 7.00. The maximum Gasteiger partial charge on any atom is 0.228 e. The Morgan fingerprint density at radius 2 is 1.84 bits per heavy atom. The van der Waals surface area contributed by atoms with Crippen LogP contribution in [-0.4, -0.2) is 38.4 Å². The number of likely N-dealkylation sites (tertiary alicyclic amines) is 1. The highest BCUT2D eigenvalue weighted by Crippen LogP contribution is 2.38. The summed E-state index contributed by atoms with van der Waals surface area (Å²) in [7, 11) is 3.64. The lowest BCUT2D eigenvalue weighted by Gasteiger charge is -2.39. The van der Waals surface area contributed by atoms with Crippen LogP contribution in [0.5, 0.6) is 0 Å². The fourth-order valence-corrected chi connectivity index (χ4v) is 4.07. The Kier molecular flexibility index (Phi) is 3.82. The molecule has 1 aromatic heterocycles. The van der Waals surface area contributed by atoms with Crippen LogP contribution >= 0.6 is 0 Å². The Morgan fingerprint density at radius 3 is 2.44 bits per heavy atom. The Balaban J connectivity index is 1.61. The van der Waals surface area contributed by atoms with Crippen molar-refractivity contribution in [2.45, 2.75) is 32.0 Å². The number of nitrogens with zero attached hydrogens (tertiary/aromatic N) is 4. The van der Waals surface area contributed by atoms with Gasteiger partial charge in [-0.1, -0.05) is 24.3 Å². The quantitative estimate of drug-likeness (QED) is 0.840. The van der Waals surface area contributed by atoms with Gasteiger partial charge in [-0.15, -0.1) is 0 Å². The minimum atomic E-state index is -0.244. The number of piperidine rings is 1. The van der Waals surface area contributed by atoms with E-state index in [0.717, 1.165) is 5.56 Å². The van der Waals surface area contributed by atoms with Gasteiger partial charge in [0.1, 0.15) is 0 Å². The van der Waals surface area contributed by atoms with Crippen molar-refractivity contribution >= 4 is 11.8 Å². The summed E-state index contributed by atoms with van der Waals surface area (Å²) >= 11 is 0. The van der Waals surface area contributed by atoms with Gasteiger partial charge in [0.2, 0.25) is 11.8 Å². The van der Waals surface area contributed by atoms with E-state index in [9.17, 15) is 9.59 Å². The maximum atomic E-state index is 13.3. The summed E-state index contributed by atoms with van der Waals surface area (Å²) in [5.41, 5.74) is 3.36. The number of carbonyl (C=O) groups is 2. The summed E-state index contributed by atoms with van der Waals surface area (Å²) in [6.07, 6.45) is 4.68. The Hall–Kier alpha value is -2.63. The molecule has 0 bridgehead atoms. The first-order valence-electron chi connectivity index (χ1n) is 8.64. The van der Waals surface area contributed by atoms with Crippen LogP contribution in [0.4, 0.5) is 0 Å². The van der Waals surface area contributed by atoms with Crippen molar-refractivity contribution in [3.8, 4) is 0 Å². The molecule has 2 aromatic rings. The summed E-state index contributed by atoms with van der Waals surface area (Å²) in [4.78, 5) is 29.1. The number of carbonyl (C=O) groups excluding carboxylic acids is 2. The third kappa shape index (κ3) is 2.71. The molecule has 0 unspecified atom stereocenters. The first kappa shape index (κ1) is 15.9. The predicted octanol–water partition coefficient (Wildman–Crippen LogP) is 1.87. The molecular formula is C19H22N4O2. The van der Waals surface area contributed by atoms with Crippen molar-refractivity contribution in [3.05, 3.63) is 53.3 Å². The summed E-state index contributed by atoms with van der Waals surface area (Å²) < 4.78 is 1.72. The number of benzene rings is 1. The van der Waals surface area contributed by atoms with E-state index in [2.05, 4.69) is 17.2 Å². The lowest BCUT2D eigenvalue weighted by molar-refractivity contribution is -0.147. The molecule has 1 aromatic carbocycles. The summed E-state index contributed by atoms with van der Waals surface area (Å²) in [5, 5.41) is 4.23. The minimum absolute atomic E-state index is 0.0858. The van der Waals surface area contributed by atoms with Crippen LogP contribution in [0.15, 0.2) is 36.7 Å². The molecule has 2 amide bonds. The maximum absolute atomic E-state index is 13.3. The third-order valence-electron chi connectivity index (χ3n) is 5.40. The first-order valence-corrected chi connectivity index (χ1v) is 8.64. The molecule has 0 spiro atoms. The fraction of sp³-hybridized carbons (Fsp3) is 0.421. The molecule has 25 heavy (non-hydrogen) atoms. The Bertz CT molecular complexity index is 803. The van der Waals surface area contributed by atoms with Gasteiger partial charge in [-0.25, -0.2) is 0 Å². The van der Waals surface area contributed by atoms with Crippen molar-refractivity contribution in [2.24, 2.45) is 13.0 Å². The van der Waals surface area contributed by atoms with Crippen LogP contribution in [0.25, 0.3) is 0 Å². The normalized spacial score (nSPS) is 23.0. The predicted molar refractivity (Wildman–Crippen MR) is 92.1 cm³/mol. The highest BCUT2D eigenvalue weighted by atomic mass is 16.2. The van der Waals surface area contributed by atoms with Crippen LogP contribution in [0, 0.1) is 5.92 Å². The van der Waals surface area contributed by atoms with Gasteiger partial charge in [0.25, 0.3) is 0 Å². The molecule has 2 atom stereocenters. The van der Waals surface area contributed by atoms with Gasteiger partial charge < -0.3 is 9.80 Å². The Morgan fingerprint density at radius 1 is 1.16 bits per heavy atom. The summed E-state index contributed by atoms with van der Waals surface area (Å²) in [6.45, 7) is 1.31. The number of aromatic nitrogens is 2. The monoisotopic (exact) mass is 338 g/mol. The smallest absolute Gasteiger partial charge is 0.228 e. The SMILES string of the molecule is CN1C(=O)CC[C@@H](C(=O)N2Cc3ccccc3C2)[C@H]1c1cnn(C)c1. The average molecular weight is 338 g/mol. The number of fused-ring (bicyclic) bond motifs is 1. The average Bonchev–Trinajstić information content (AvgIpc) is 3.22. The summed E-state index contributed by atoms with van der Waals surface area (Å²) in [6, 6.07) is 7.94. The van der Waals surface area contributed by atoms with Gasteiger partial charge in [-0.05, 0) is 17.5 Å². The molecule has 0 radical (unpaired) electrons. The molecule has 130 valence electrons. The fourth-order valence-electron chi connectivity index (χ4n) is 4.07. The van der Waals surface area contributed by atoms with E-state index in [-0.39, 0.29) is 23.8 Å². The van der Waals surface area contributed by atoms with E-state index in [1.807, 2.05) is 30.3 Å². The van der Waals surface area contributed by atoms with Crippen LogP contribution < -0.4 is 0 Å². The number of hydrogen-bond acceptors (Lipinski definition) is 3. The van der Waals surface area contributed by atoms with Crippen LogP contribution in [0.3, 0.4) is 0 Å². The van der Waals surface area contributed by atoms with Gasteiger partial charge in [-0.2, -0.15) is 5.10 Å². The van der Waals surface area contributed by atoms with Crippen LogP contribution in [-0.2, 0) is 29.7 Å². The van der Waals surface area contributed by atoms with E-state index in [1.54, 1.807) is 22.8 Å². The zero-order valence-electron chi connectivity index (χ0n) is 14.6. The zero-order valence-corrected chi connectivity index (χ0v) is 14.6. The second kappa shape index (κ2) is 6.02. The number of hydrogen-bond donors (Lipinski definition) is 0. The topological polar surface area (TPSA) is 58.4 Å². The van der Waals surface area contributed by atoms with Gasteiger partial charge in [0, 0.05) is 45.4 Å². The van der Waals surface area contributed by atoms with Crippen molar-refractivity contribution in [2.75, 3.05) is 7.05 Å². The van der Waals surface area contributed by atoms with E-state index < -0.39 is 0 Å². The molecule has 6 nitrogen and oxygen atoms in total. The van der Waals surface area contributed by atoms with Crippen molar-refractivity contribution in [1.82, 2.24) is 19.6 Å². The molecule has 1 fully saturated rings. The number of rotatable bonds is 2. The lowest BCUT2D eigenvalue weighted by Crippen LogP contribution is -2.46. The molecule has 4 rings (SSSR count). The first-order chi connectivity index (χ1) is 12.0. The molecule has 2 aliphatic heterocycles.